The van der Waals surface area contributed by atoms with Crippen LogP contribution in [0.3, 0.4) is 0 Å². The van der Waals surface area contributed by atoms with Gasteiger partial charge in [-0.1, -0.05) is 164 Å². The van der Waals surface area contributed by atoms with Gasteiger partial charge in [-0.05, 0) is 95.1 Å². The lowest BCUT2D eigenvalue weighted by atomic mass is 9.98. The Labute approximate surface area is 401 Å². The lowest BCUT2D eigenvalue weighted by Gasteiger charge is -2.13. The van der Waals surface area contributed by atoms with Crippen LogP contribution in [0.15, 0.2) is 237 Å². The van der Waals surface area contributed by atoms with Gasteiger partial charge < -0.3 is 9.13 Å². The number of aromatic nitrogens is 5. The third-order valence-corrected chi connectivity index (χ3v) is 14.8. The number of hydrogen-bond donors (Lipinski definition) is 0. The summed E-state index contributed by atoms with van der Waals surface area (Å²) in [5, 5.41) is 7.09. The van der Waals surface area contributed by atoms with Crippen molar-refractivity contribution in [1.29, 1.82) is 0 Å². The minimum absolute atomic E-state index is 0.620. The summed E-state index contributed by atoms with van der Waals surface area (Å²) < 4.78 is 7.07. The summed E-state index contributed by atoms with van der Waals surface area (Å²) in [5.74, 6) is 1.87. The molecule has 0 saturated heterocycles. The first-order valence-electron chi connectivity index (χ1n) is 23.3. The monoisotopic (exact) mass is 897 g/mol. The largest absolute Gasteiger partial charge is 0.309 e. The molecule has 0 aliphatic rings. The zero-order valence-electron chi connectivity index (χ0n) is 37.2. The Kier molecular flexibility index (Phi) is 9.00. The summed E-state index contributed by atoms with van der Waals surface area (Å²) in [6, 6.07) is 84.5. The van der Waals surface area contributed by atoms with Crippen molar-refractivity contribution in [2.75, 3.05) is 0 Å². The van der Waals surface area contributed by atoms with E-state index in [2.05, 4.69) is 228 Å². The highest BCUT2D eigenvalue weighted by Gasteiger charge is 2.22. The van der Waals surface area contributed by atoms with Crippen molar-refractivity contribution < 1.29 is 0 Å². The van der Waals surface area contributed by atoms with Gasteiger partial charge in [0.25, 0.3) is 0 Å². The molecular formula is C63H39N5S. The zero-order valence-corrected chi connectivity index (χ0v) is 38.0. The summed E-state index contributed by atoms with van der Waals surface area (Å²) >= 11 is 1.80. The van der Waals surface area contributed by atoms with E-state index >= 15 is 0 Å². The van der Waals surface area contributed by atoms with E-state index in [4.69, 9.17) is 15.0 Å². The molecule has 6 heteroatoms. The van der Waals surface area contributed by atoms with E-state index < -0.39 is 0 Å². The smallest absolute Gasteiger partial charge is 0.165 e. The van der Waals surface area contributed by atoms with Crippen molar-refractivity contribution in [3.05, 3.63) is 237 Å². The van der Waals surface area contributed by atoms with E-state index in [0.717, 1.165) is 65.6 Å². The number of benzene rings is 10. The van der Waals surface area contributed by atoms with Crippen molar-refractivity contribution in [3.63, 3.8) is 0 Å². The zero-order chi connectivity index (χ0) is 45.4. The molecule has 0 amide bonds. The first-order valence-corrected chi connectivity index (χ1v) is 24.1. The van der Waals surface area contributed by atoms with Crippen LogP contribution in [0.5, 0.6) is 0 Å². The third kappa shape index (κ3) is 6.49. The Morgan fingerprint density at radius 1 is 0.275 bits per heavy atom. The van der Waals surface area contributed by atoms with Crippen LogP contribution in [0.4, 0.5) is 0 Å². The van der Waals surface area contributed by atoms with Crippen LogP contribution < -0.4 is 0 Å². The van der Waals surface area contributed by atoms with E-state index in [1.165, 1.54) is 48.5 Å². The van der Waals surface area contributed by atoms with Gasteiger partial charge in [-0.25, -0.2) is 15.0 Å². The molecule has 69 heavy (non-hydrogen) atoms. The molecule has 0 aliphatic carbocycles. The molecule has 0 spiro atoms. The summed E-state index contributed by atoms with van der Waals surface area (Å²) in [7, 11) is 0. The molecule has 5 nitrogen and oxygen atoms in total. The second-order valence-electron chi connectivity index (χ2n) is 17.6. The van der Waals surface area contributed by atoms with Crippen LogP contribution in [-0.2, 0) is 0 Å². The first kappa shape index (κ1) is 39.2. The minimum atomic E-state index is 0.620. The molecule has 0 radical (unpaired) electrons. The summed E-state index contributed by atoms with van der Waals surface area (Å²) in [6.45, 7) is 0. The molecule has 0 N–H and O–H groups in total. The molecule has 0 fully saturated rings. The van der Waals surface area contributed by atoms with Crippen LogP contribution in [0, 0.1) is 0 Å². The molecule has 322 valence electrons. The third-order valence-electron chi connectivity index (χ3n) is 13.6. The van der Waals surface area contributed by atoms with Gasteiger partial charge in [-0.3, -0.25) is 0 Å². The van der Waals surface area contributed by atoms with Gasteiger partial charge in [0, 0.05) is 69.8 Å². The second kappa shape index (κ2) is 15.8. The van der Waals surface area contributed by atoms with Gasteiger partial charge in [-0.2, -0.15) is 0 Å². The average molecular weight is 898 g/mol. The normalized spacial score (nSPS) is 11.8. The summed E-state index contributed by atoms with van der Waals surface area (Å²) in [5.41, 5.74) is 14.3. The molecule has 0 unspecified atom stereocenters. The van der Waals surface area contributed by atoms with Crippen molar-refractivity contribution in [1.82, 2.24) is 24.1 Å². The fourth-order valence-corrected chi connectivity index (χ4v) is 11.6. The Morgan fingerprint density at radius 3 is 1.45 bits per heavy atom. The van der Waals surface area contributed by atoms with Crippen LogP contribution >= 0.6 is 11.3 Å². The van der Waals surface area contributed by atoms with Crippen molar-refractivity contribution in [2.45, 2.75) is 0 Å². The molecule has 0 saturated carbocycles. The van der Waals surface area contributed by atoms with E-state index in [1.807, 2.05) is 18.2 Å². The molecule has 0 aliphatic heterocycles. The molecule has 4 aromatic heterocycles. The van der Waals surface area contributed by atoms with Gasteiger partial charge in [0.1, 0.15) is 0 Å². The second-order valence-corrected chi connectivity index (χ2v) is 18.6. The van der Waals surface area contributed by atoms with E-state index in [-0.39, 0.29) is 0 Å². The highest BCUT2D eigenvalue weighted by Crippen LogP contribution is 2.45. The maximum atomic E-state index is 5.49. The fourth-order valence-electron chi connectivity index (χ4n) is 10.4. The van der Waals surface area contributed by atoms with Gasteiger partial charge >= 0.3 is 0 Å². The number of fused-ring (bicyclic) bond motifs is 9. The van der Waals surface area contributed by atoms with Crippen LogP contribution in [-0.4, -0.2) is 24.1 Å². The number of hydrogen-bond acceptors (Lipinski definition) is 4. The SMILES string of the molecule is c1ccc(-c2cccc(-c3ccc4c(c3)sc3c(-c5nc(-c6ccccc6)nc(-c6ccc7c(c6)c6ccccc6n7-c6ccccc6)n5)cc(-n5c6ccccc6c6ccccc65)cc34)c2)cc1. The predicted molar refractivity (Wildman–Crippen MR) is 289 cm³/mol. The van der Waals surface area contributed by atoms with Crippen LogP contribution in [0.2, 0.25) is 0 Å². The average Bonchev–Trinajstić information content (AvgIpc) is 4.08. The number of rotatable bonds is 7. The lowest BCUT2D eigenvalue weighted by molar-refractivity contribution is 1.07. The molecule has 0 atom stereocenters. The van der Waals surface area contributed by atoms with Crippen molar-refractivity contribution >= 4 is 75.1 Å². The van der Waals surface area contributed by atoms with Gasteiger partial charge in [0.15, 0.2) is 17.5 Å². The lowest BCUT2D eigenvalue weighted by Crippen LogP contribution is -2.01. The number of thiophene rings is 1. The van der Waals surface area contributed by atoms with Crippen molar-refractivity contribution in [3.8, 4) is 67.8 Å². The molecule has 0 bridgehead atoms. The van der Waals surface area contributed by atoms with E-state index in [9.17, 15) is 0 Å². The molecule has 10 aromatic carbocycles. The fraction of sp³-hybridized carbons (Fsp3) is 0. The van der Waals surface area contributed by atoms with Gasteiger partial charge in [-0.15, -0.1) is 11.3 Å². The van der Waals surface area contributed by atoms with E-state index in [1.54, 1.807) is 11.3 Å². The topological polar surface area (TPSA) is 48.5 Å². The van der Waals surface area contributed by atoms with Crippen molar-refractivity contribution in [2.24, 2.45) is 0 Å². The summed E-state index contributed by atoms with van der Waals surface area (Å²) in [6.07, 6.45) is 0. The summed E-state index contributed by atoms with van der Waals surface area (Å²) in [4.78, 5) is 16.2. The minimum Gasteiger partial charge on any atom is -0.309 e. The number of nitrogens with zero attached hydrogens (tertiary/aromatic N) is 5. The first-order chi connectivity index (χ1) is 34.2. The molecule has 4 heterocycles. The molecule has 14 aromatic rings. The highest BCUT2D eigenvalue weighted by molar-refractivity contribution is 7.26. The standard InChI is InChI=1S/C63H39N5S/c1-4-17-40(18-5-1)42-21-16-22-43(35-42)44-31-33-51-53-38-47(68-55-28-13-10-25-48(55)49-26-11-14-29-56(49)68)39-54(60(53)69-59(51)37-44)63-65-61(41-19-6-2-7-20-41)64-62(66-63)45-32-34-58-52(36-45)50-27-12-15-30-57(50)67(58)46-23-8-3-9-24-46/h1-39H. The maximum absolute atomic E-state index is 5.49. The molecular weight excluding hydrogens is 859 g/mol. The Morgan fingerprint density at radius 2 is 0.768 bits per heavy atom. The number of para-hydroxylation sites is 4. The molecule has 14 rings (SSSR count). The van der Waals surface area contributed by atoms with Gasteiger partial charge in [0.05, 0.1) is 22.1 Å². The Hall–Kier alpha value is -8.97. The van der Waals surface area contributed by atoms with Crippen LogP contribution in [0.1, 0.15) is 0 Å². The highest BCUT2D eigenvalue weighted by atomic mass is 32.1. The maximum Gasteiger partial charge on any atom is 0.165 e. The van der Waals surface area contributed by atoms with Crippen LogP contribution in [0.25, 0.3) is 132 Å². The van der Waals surface area contributed by atoms with Gasteiger partial charge in [0.2, 0.25) is 0 Å². The quantitative estimate of drug-likeness (QED) is 0.160. The Balaban J connectivity index is 1.02. The Bertz CT molecular complexity index is 4250. The van der Waals surface area contributed by atoms with E-state index in [0.29, 0.717) is 17.5 Å². The predicted octanol–water partition coefficient (Wildman–Crippen LogP) is 16.8.